The van der Waals surface area contributed by atoms with Gasteiger partial charge in [0.1, 0.15) is 0 Å². The van der Waals surface area contributed by atoms with Gasteiger partial charge in [0.05, 0.1) is 10.6 Å². The van der Waals surface area contributed by atoms with Crippen molar-refractivity contribution in [3.8, 4) is 0 Å². The van der Waals surface area contributed by atoms with Crippen LogP contribution in [0.15, 0.2) is 48.5 Å². The second kappa shape index (κ2) is 5.76. The molecule has 0 aliphatic heterocycles. The fourth-order valence-corrected chi connectivity index (χ4v) is 3.09. The van der Waals surface area contributed by atoms with Gasteiger partial charge in [-0.25, -0.2) is 0 Å². The average Bonchev–Trinajstić information content (AvgIpc) is 2.92. The molecule has 0 radical (unpaired) electrons. The lowest BCUT2D eigenvalue weighted by atomic mass is 10.2. The molecular weight excluding hydrogens is 304 g/mol. The van der Waals surface area contributed by atoms with Crippen LogP contribution in [0.1, 0.15) is 15.2 Å². The molecule has 106 valence electrons. The van der Waals surface area contributed by atoms with Gasteiger partial charge in [-0.15, -0.1) is 11.3 Å². The van der Waals surface area contributed by atoms with E-state index < -0.39 is 0 Å². The van der Waals surface area contributed by atoms with E-state index in [-0.39, 0.29) is 5.91 Å². The molecule has 0 fully saturated rings. The molecule has 2 N–H and O–H groups in total. The van der Waals surface area contributed by atoms with E-state index in [9.17, 15) is 4.79 Å². The van der Waals surface area contributed by atoms with Crippen molar-refractivity contribution in [3.63, 3.8) is 0 Å². The van der Waals surface area contributed by atoms with Crippen LogP contribution in [0, 0.1) is 6.92 Å². The third kappa shape index (κ3) is 3.01. The molecule has 5 heteroatoms. The predicted octanol–water partition coefficient (Wildman–Crippen LogP) is 4.62. The number of carbonyl (C=O) groups excluding carboxylic acids is 1. The number of aryl methyl sites for hydroxylation is 1. The highest BCUT2D eigenvalue weighted by atomic mass is 35.5. The van der Waals surface area contributed by atoms with Crippen LogP contribution in [0.2, 0.25) is 5.02 Å². The second-order valence-electron chi connectivity index (χ2n) is 4.69. The molecule has 2 aromatic carbocycles. The minimum atomic E-state index is -0.159. The molecular formula is C16H13ClN2OS. The normalized spacial score (nSPS) is 10.6. The Morgan fingerprint density at radius 2 is 1.95 bits per heavy atom. The lowest BCUT2D eigenvalue weighted by Gasteiger charge is -2.08. The van der Waals surface area contributed by atoms with Gasteiger partial charge in [-0.05, 0) is 42.1 Å². The Morgan fingerprint density at radius 1 is 1.14 bits per heavy atom. The fraction of sp³-hybridized carbons (Fsp3) is 0.0625. The van der Waals surface area contributed by atoms with Gasteiger partial charge in [-0.1, -0.05) is 35.9 Å². The summed E-state index contributed by atoms with van der Waals surface area (Å²) < 4.78 is 1.10. The van der Waals surface area contributed by atoms with Crippen LogP contribution >= 0.6 is 22.9 Å². The first kappa shape index (κ1) is 13.9. The van der Waals surface area contributed by atoms with Crippen molar-refractivity contribution in [3.05, 3.63) is 64.0 Å². The summed E-state index contributed by atoms with van der Waals surface area (Å²) in [5.74, 6) is -0.159. The number of anilines is 1. The smallest absolute Gasteiger partial charge is 0.279 e. The molecule has 3 rings (SSSR count). The summed E-state index contributed by atoms with van der Waals surface area (Å²) in [5.41, 5.74) is 7.31. The SMILES string of the molecule is Cc1ccc(NNC(=O)c2cc3ccccc3s2)cc1Cl. The molecule has 0 spiro atoms. The Bertz CT molecular complexity index is 780. The molecule has 0 saturated carbocycles. The van der Waals surface area contributed by atoms with E-state index >= 15 is 0 Å². The number of hydrazine groups is 1. The number of thiophene rings is 1. The van der Waals surface area contributed by atoms with Crippen LogP contribution in [0.5, 0.6) is 0 Å². The molecule has 1 heterocycles. The maximum absolute atomic E-state index is 12.1. The summed E-state index contributed by atoms with van der Waals surface area (Å²) in [7, 11) is 0. The lowest BCUT2D eigenvalue weighted by Crippen LogP contribution is -2.28. The van der Waals surface area contributed by atoms with Crippen LogP contribution < -0.4 is 10.9 Å². The fourth-order valence-electron chi connectivity index (χ4n) is 1.95. The van der Waals surface area contributed by atoms with Gasteiger partial charge in [0.25, 0.3) is 5.91 Å². The van der Waals surface area contributed by atoms with Gasteiger partial charge in [-0.3, -0.25) is 15.6 Å². The zero-order chi connectivity index (χ0) is 14.8. The number of rotatable bonds is 3. The first-order chi connectivity index (χ1) is 10.1. The van der Waals surface area contributed by atoms with Crippen molar-refractivity contribution < 1.29 is 4.79 Å². The number of carbonyl (C=O) groups is 1. The number of fused-ring (bicyclic) bond motifs is 1. The maximum Gasteiger partial charge on any atom is 0.279 e. The molecule has 0 aliphatic rings. The van der Waals surface area contributed by atoms with E-state index in [0.717, 1.165) is 21.3 Å². The minimum Gasteiger partial charge on any atom is -0.298 e. The van der Waals surface area contributed by atoms with Crippen LogP contribution in [0.25, 0.3) is 10.1 Å². The Kier molecular flexibility index (Phi) is 3.82. The first-order valence-electron chi connectivity index (χ1n) is 6.44. The summed E-state index contributed by atoms with van der Waals surface area (Å²) in [4.78, 5) is 12.8. The van der Waals surface area contributed by atoms with Crippen molar-refractivity contribution in [2.24, 2.45) is 0 Å². The van der Waals surface area contributed by atoms with Crippen LogP contribution in [-0.4, -0.2) is 5.91 Å². The molecule has 0 atom stereocenters. The average molecular weight is 317 g/mol. The highest BCUT2D eigenvalue weighted by Crippen LogP contribution is 2.25. The lowest BCUT2D eigenvalue weighted by molar-refractivity contribution is 0.0967. The molecule has 3 nitrogen and oxygen atoms in total. The van der Waals surface area contributed by atoms with Crippen LogP contribution in [0.4, 0.5) is 5.69 Å². The predicted molar refractivity (Wildman–Crippen MR) is 89.1 cm³/mol. The van der Waals surface area contributed by atoms with E-state index in [1.807, 2.05) is 49.4 Å². The van der Waals surface area contributed by atoms with Crippen molar-refractivity contribution >= 4 is 44.6 Å². The number of hydrogen-bond acceptors (Lipinski definition) is 3. The summed E-state index contributed by atoms with van der Waals surface area (Å²) in [6.07, 6.45) is 0. The molecule has 21 heavy (non-hydrogen) atoms. The largest absolute Gasteiger partial charge is 0.298 e. The molecule has 0 aliphatic carbocycles. The Labute approximate surface area is 131 Å². The van der Waals surface area contributed by atoms with E-state index in [1.54, 1.807) is 6.07 Å². The highest BCUT2D eigenvalue weighted by Gasteiger charge is 2.09. The third-order valence-corrected chi connectivity index (χ3v) is 4.66. The van der Waals surface area contributed by atoms with Gasteiger partial charge in [-0.2, -0.15) is 0 Å². The second-order valence-corrected chi connectivity index (χ2v) is 6.18. The number of nitrogens with one attached hydrogen (secondary N) is 2. The molecule has 0 saturated heterocycles. The van der Waals surface area contributed by atoms with Gasteiger partial charge in [0.2, 0.25) is 0 Å². The van der Waals surface area contributed by atoms with Crippen molar-refractivity contribution in [2.75, 3.05) is 5.43 Å². The highest BCUT2D eigenvalue weighted by molar-refractivity contribution is 7.20. The molecule has 0 unspecified atom stereocenters. The monoisotopic (exact) mass is 316 g/mol. The van der Waals surface area contributed by atoms with E-state index in [1.165, 1.54) is 11.3 Å². The Hall–Kier alpha value is -2.04. The van der Waals surface area contributed by atoms with Crippen molar-refractivity contribution in [1.29, 1.82) is 0 Å². The molecule has 1 amide bonds. The molecule has 0 bridgehead atoms. The number of benzene rings is 2. The number of hydrogen-bond donors (Lipinski definition) is 2. The first-order valence-corrected chi connectivity index (χ1v) is 7.64. The van der Waals surface area contributed by atoms with Crippen molar-refractivity contribution in [1.82, 2.24) is 5.43 Å². The topological polar surface area (TPSA) is 41.1 Å². The number of amides is 1. The molecule has 1 aromatic heterocycles. The van der Waals surface area contributed by atoms with Crippen LogP contribution in [-0.2, 0) is 0 Å². The van der Waals surface area contributed by atoms with Gasteiger partial charge in [0.15, 0.2) is 0 Å². The maximum atomic E-state index is 12.1. The van der Waals surface area contributed by atoms with E-state index in [4.69, 9.17) is 11.6 Å². The Morgan fingerprint density at radius 3 is 2.71 bits per heavy atom. The van der Waals surface area contributed by atoms with E-state index in [0.29, 0.717) is 9.90 Å². The minimum absolute atomic E-state index is 0.159. The summed E-state index contributed by atoms with van der Waals surface area (Å²) in [6, 6.07) is 15.4. The zero-order valence-corrected chi connectivity index (χ0v) is 12.9. The molecule has 3 aromatic rings. The van der Waals surface area contributed by atoms with E-state index in [2.05, 4.69) is 10.9 Å². The quantitative estimate of drug-likeness (QED) is 0.692. The summed E-state index contributed by atoms with van der Waals surface area (Å²) >= 11 is 7.52. The van der Waals surface area contributed by atoms with Crippen LogP contribution in [0.3, 0.4) is 0 Å². The van der Waals surface area contributed by atoms with Gasteiger partial charge in [0, 0.05) is 9.72 Å². The zero-order valence-electron chi connectivity index (χ0n) is 11.3. The number of halogens is 1. The van der Waals surface area contributed by atoms with Gasteiger partial charge < -0.3 is 0 Å². The standard InChI is InChI=1S/C16H13ClN2OS/c1-10-6-7-12(9-13(10)17)18-19-16(20)15-8-11-4-2-3-5-14(11)21-15/h2-9,18H,1H3,(H,19,20). The van der Waals surface area contributed by atoms with Crippen molar-refractivity contribution in [2.45, 2.75) is 6.92 Å². The summed E-state index contributed by atoms with van der Waals surface area (Å²) in [6.45, 7) is 1.93. The Balaban J connectivity index is 1.72. The third-order valence-electron chi connectivity index (χ3n) is 3.14. The summed E-state index contributed by atoms with van der Waals surface area (Å²) in [5, 5.41) is 1.74. The van der Waals surface area contributed by atoms with Gasteiger partial charge >= 0.3 is 0 Å².